The zero-order valence-electron chi connectivity index (χ0n) is 32.8. The van der Waals surface area contributed by atoms with E-state index in [9.17, 15) is 9.59 Å². The number of methoxy groups -OCH3 is 1. The van der Waals surface area contributed by atoms with E-state index in [4.69, 9.17) is 21.3 Å². The number of halogens is 1. The Bertz CT molecular complexity index is 2590. The third kappa shape index (κ3) is 8.02. The molecule has 1 amide bonds. The highest BCUT2D eigenvalue weighted by Crippen LogP contribution is 2.36. The van der Waals surface area contributed by atoms with Gasteiger partial charge in [0.25, 0.3) is 5.91 Å². The largest absolute Gasteiger partial charge is 0.497 e. The van der Waals surface area contributed by atoms with Gasteiger partial charge in [0.05, 0.1) is 45.2 Å². The normalized spacial score (nSPS) is 12.1. The van der Waals surface area contributed by atoms with E-state index in [1.54, 1.807) is 35.9 Å². The number of nitrogens with one attached hydrogen (secondary N) is 1. The monoisotopic (exact) mass is 786 g/mol. The van der Waals surface area contributed by atoms with Crippen molar-refractivity contribution in [1.29, 1.82) is 0 Å². The fourth-order valence-electron chi connectivity index (χ4n) is 7.72. The maximum Gasteiger partial charge on any atom is 0.262 e. The molecule has 5 aromatic rings. The second-order valence-electron chi connectivity index (χ2n) is 14.3. The molecule has 2 aliphatic rings. The van der Waals surface area contributed by atoms with Crippen molar-refractivity contribution in [1.82, 2.24) is 19.4 Å². The van der Waals surface area contributed by atoms with E-state index >= 15 is 0 Å². The molecule has 0 spiro atoms. The van der Waals surface area contributed by atoms with Crippen LogP contribution in [0.3, 0.4) is 0 Å². The van der Waals surface area contributed by atoms with Gasteiger partial charge in [0, 0.05) is 64.9 Å². The van der Waals surface area contributed by atoms with Crippen LogP contribution in [0.5, 0.6) is 5.75 Å². The predicted octanol–water partition coefficient (Wildman–Crippen LogP) is 9.34. The molecule has 0 radical (unpaired) electrons. The second kappa shape index (κ2) is 17.3. The van der Waals surface area contributed by atoms with E-state index in [0.29, 0.717) is 22.9 Å². The average molecular weight is 787 g/mol. The van der Waals surface area contributed by atoms with Crippen LogP contribution < -0.4 is 24.9 Å². The third-order valence-electron chi connectivity index (χ3n) is 10.8. The Kier molecular flexibility index (Phi) is 12.0. The van der Waals surface area contributed by atoms with Crippen LogP contribution in [0.25, 0.3) is 42.5 Å². The predicted molar refractivity (Wildman–Crippen MR) is 233 cm³/mol. The van der Waals surface area contributed by atoms with E-state index in [1.807, 2.05) is 36.5 Å². The van der Waals surface area contributed by atoms with Crippen LogP contribution in [0.15, 0.2) is 91.0 Å². The van der Waals surface area contributed by atoms with Crippen LogP contribution >= 0.6 is 22.9 Å². The maximum atomic E-state index is 13.6. The van der Waals surface area contributed by atoms with Gasteiger partial charge >= 0.3 is 0 Å². The van der Waals surface area contributed by atoms with Crippen LogP contribution in [0.2, 0.25) is 5.02 Å². The number of nitrogens with zero attached hydrogens (tertiary/aromatic N) is 4. The molecule has 0 unspecified atom stereocenters. The summed E-state index contributed by atoms with van der Waals surface area (Å²) in [6.45, 7) is 9.77. The number of rotatable bonds is 14. The first-order chi connectivity index (χ1) is 27.2. The molecule has 7 rings (SSSR count). The summed E-state index contributed by atoms with van der Waals surface area (Å²) in [7, 11) is 3.80. The molecule has 0 bridgehead atoms. The first kappa shape index (κ1) is 39.0. The number of benzene rings is 5. The highest BCUT2D eigenvalue weighted by Gasteiger charge is 2.22. The molecule has 8 nitrogen and oxygen atoms in total. The van der Waals surface area contributed by atoms with Crippen molar-refractivity contribution in [3.05, 3.63) is 118 Å². The first-order valence-corrected chi connectivity index (χ1v) is 20.7. The quantitative estimate of drug-likeness (QED) is 0.0515. The van der Waals surface area contributed by atoms with E-state index in [0.717, 1.165) is 78.7 Å². The molecule has 1 aliphatic carbocycles. The number of carbonyl (C=O) groups is 2. The van der Waals surface area contributed by atoms with Crippen molar-refractivity contribution in [2.75, 3.05) is 45.2 Å². The Morgan fingerprint density at radius 1 is 0.893 bits per heavy atom. The number of aromatic nitrogens is 2. The zero-order valence-corrected chi connectivity index (χ0v) is 34.4. The number of carbonyl (C=O) groups excluding carboxylic acids is 2. The molecular weight excluding hydrogens is 738 g/mol. The minimum Gasteiger partial charge on any atom is -0.497 e. The highest BCUT2D eigenvalue weighted by atomic mass is 35.5. The van der Waals surface area contributed by atoms with Crippen LogP contribution in [0.1, 0.15) is 61.1 Å². The van der Waals surface area contributed by atoms with Crippen LogP contribution in [-0.2, 0) is 11.2 Å². The molecule has 1 aliphatic heterocycles. The van der Waals surface area contributed by atoms with E-state index in [2.05, 4.69) is 84.2 Å². The fourth-order valence-corrected chi connectivity index (χ4v) is 8.90. The molecule has 1 aromatic heterocycles. The van der Waals surface area contributed by atoms with Gasteiger partial charge in [-0.15, -0.1) is 11.3 Å². The molecule has 288 valence electrons. The van der Waals surface area contributed by atoms with Crippen LogP contribution in [-0.4, -0.2) is 61.7 Å². The Labute approximate surface area is 337 Å². The Hall–Kier alpha value is -5.25. The van der Waals surface area contributed by atoms with E-state index < -0.39 is 0 Å². The van der Waals surface area contributed by atoms with Crippen molar-refractivity contribution >= 4 is 72.3 Å². The van der Waals surface area contributed by atoms with Crippen molar-refractivity contribution < 1.29 is 14.3 Å². The Morgan fingerprint density at radius 3 is 2.39 bits per heavy atom. The summed E-state index contributed by atoms with van der Waals surface area (Å²) >= 11 is 7.90. The van der Waals surface area contributed by atoms with Crippen molar-refractivity contribution in [2.24, 2.45) is 0 Å². The lowest BCUT2D eigenvalue weighted by atomic mass is 10.1. The summed E-state index contributed by atoms with van der Waals surface area (Å²) < 4.78 is 10.7. The molecule has 1 N–H and O–H groups in total. The van der Waals surface area contributed by atoms with Gasteiger partial charge in [-0.1, -0.05) is 36.2 Å². The molecule has 0 saturated heterocycles. The minimum atomic E-state index is -0.170. The second-order valence-corrected chi connectivity index (χ2v) is 15.8. The van der Waals surface area contributed by atoms with Crippen LogP contribution in [0, 0.1) is 6.92 Å². The van der Waals surface area contributed by atoms with Gasteiger partial charge in [0.2, 0.25) is 11.3 Å². The molecule has 56 heavy (non-hydrogen) atoms. The van der Waals surface area contributed by atoms with Crippen LogP contribution in [0.4, 0.5) is 5.69 Å². The van der Waals surface area contributed by atoms with Crippen molar-refractivity contribution in [3.8, 4) is 16.3 Å². The summed E-state index contributed by atoms with van der Waals surface area (Å²) in [6.07, 6.45) is 4.20. The summed E-state index contributed by atoms with van der Waals surface area (Å²) in [5.41, 5.74) is 6.14. The Balaban J connectivity index is 0.989. The SMILES string of the molecule is CCN(CC)c1ccc2nc3c4ccccc4c(=[N+](C)CCCCCCNC(=O)Cc4c(C)n(C(=O)c5ccc(Cl)cc5)c5ccc(OC)cc45)cc-3sc2c1. The zero-order chi connectivity index (χ0) is 39.3. The number of anilines is 1. The summed E-state index contributed by atoms with van der Waals surface area (Å²) in [6, 6.07) is 30.0. The number of unbranched alkanes of at least 4 members (excludes halogenated alkanes) is 3. The summed E-state index contributed by atoms with van der Waals surface area (Å²) in [5, 5.41) is 8.14. The van der Waals surface area contributed by atoms with E-state index in [1.165, 1.54) is 31.4 Å². The van der Waals surface area contributed by atoms with Gasteiger partial charge in [0.15, 0.2) is 0 Å². The number of amides is 1. The highest BCUT2D eigenvalue weighted by molar-refractivity contribution is 7.21. The molecule has 0 atom stereocenters. The number of ether oxygens (including phenoxy) is 1. The van der Waals surface area contributed by atoms with E-state index in [-0.39, 0.29) is 18.2 Å². The van der Waals surface area contributed by atoms with Gasteiger partial charge in [-0.2, -0.15) is 0 Å². The summed E-state index contributed by atoms with van der Waals surface area (Å²) in [4.78, 5) is 35.6. The number of fused-ring (bicyclic) bond motifs is 5. The smallest absolute Gasteiger partial charge is 0.262 e. The number of hydrogen-bond donors (Lipinski definition) is 1. The van der Waals surface area contributed by atoms with Crippen molar-refractivity contribution in [2.45, 2.75) is 52.9 Å². The third-order valence-corrected chi connectivity index (χ3v) is 12.1. The van der Waals surface area contributed by atoms with Gasteiger partial charge in [0.1, 0.15) is 19.3 Å². The lowest BCUT2D eigenvalue weighted by Crippen LogP contribution is -2.28. The molecule has 0 fully saturated rings. The molecule has 10 heteroatoms. The first-order valence-electron chi connectivity index (χ1n) is 19.5. The maximum absolute atomic E-state index is 13.6. The fraction of sp³-hybridized carbons (Fsp3) is 0.304. The van der Waals surface area contributed by atoms with Gasteiger partial charge < -0.3 is 15.0 Å². The summed E-state index contributed by atoms with van der Waals surface area (Å²) in [5.74, 6) is 0.436. The minimum absolute atomic E-state index is 0.0653. The average Bonchev–Trinajstić information content (AvgIpc) is 3.48. The number of hydrogen-bond acceptors (Lipinski definition) is 6. The molecular formula is C46H49ClN5O3S+. The molecule has 2 heterocycles. The van der Waals surface area contributed by atoms with Crippen molar-refractivity contribution in [3.63, 3.8) is 0 Å². The molecule has 4 aromatic carbocycles. The standard InChI is InChI=1S/C46H48ClN5O3S/c1-6-51(7-2)33-20-22-39-42(26-33)56-43-29-41(35-14-10-11-15-36(35)45(43)49-39)50(4)25-13-9-8-12-24-48-44(53)28-37-30(3)52(40-23-21-34(55-5)27-38(37)40)46(54)31-16-18-32(47)19-17-31/h10-11,14-23,26-27,29H,6-9,12-13,24-25,28H2,1-5H3/p+1. The Morgan fingerprint density at radius 2 is 1.64 bits per heavy atom. The van der Waals surface area contributed by atoms with Gasteiger partial charge in [-0.25, -0.2) is 9.56 Å². The van der Waals surface area contributed by atoms with Gasteiger partial charge in [-0.3, -0.25) is 14.2 Å². The van der Waals surface area contributed by atoms with Gasteiger partial charge in [-0.05, 0) is 106 Å². The topological polar surface area (TPSA) is 79.5 Å². The molecule has 0 saturated carbocycles. The lowest BCUT2D eigenvalue weighted by Gasteiger charge is -2.21. The lowest BCUT2D eigenvalue weighted by molar-refractivity contribution is -0.120.